The maximum atomic E-state index is 10.4. The van der Waals surface area contributed by atoms with Crippen LogP contribution in [-0.4, -0.2) is 19.7 Å². The molecule has 0 fully saturated rings. The third-order valence-corrected chi connectivity index (χ3v) is 3.32. The molecule has 0 unspecified atom stereocenters. The Bertz CT molecular complexity index is 564. The van der Waals surface area contributed by atoms with Crippen LogP contribution in [-0.2, 0) is 19.3 Å². The molecule has 0 amide bonds. The molecule has 2 aromatic rings. The van der Waals surface area contributed by atoms with Crippen molar-refractivity contribution in [1.82, 2.24) is 14.8 Å². The van der Waals surface area contributed by atoms with E-state index in [2.05, 4.69) is 10.2 Å². The van der Waals surface area contributed by atoms with E-state index in [1.807, 2.05) is 7.05 Å². The summed E-state index contributed by atoms with van der Waals surface area (Å²) in [4.78, 5) is 9.88. The van der Waals surface area contributed by atoms with Crippen molar-refractivity contribution >= 4 is 17.6 Å². The SMILES string of the molecule is Cn1c(CN)nnc1SCc1ccc([N+](=O)[O-])o1. The highest BCUT2D eigenvalue weighted by Gasteiger charge is 2.13. The van der Waals surface area contributed by atoms with Gasteiger partial charge in [-0.2, -0.15) is 0 Å². The van der Waals surface area contributed by atoms with Crippen LogP contribution in [0.1, 0.15) is 11.6 Å². The van der Waals surface area contributed by atoms with E-state index in [0.717, 1.165) is 0 Å². The number of hydrogen-bond donors (Lipinski definition) is 1. The summed E-state index contributed by atoms with van der Waals surface area (Å²) in [7, 11) is 1.81. The molecule has 0 saturated carbocycles. The zero-order valence-electron chi connectivity index (χ0n) is 9.57. The van der Waals surface area contributed by atoms with Crippen molar-refractivity contribution in [1.29, 1.82) is 0 Å². The van der Waals surface area contributed by atoms with Gasteiger partial charge in [-0.3, -0.25) is 10.1 Å². The molecule has 0 aliphatic carbocycles. The van der Waals surface area contributed by atoms with Crippen LogP contribution >= 0.6 is 11.8 Å². The molecule has 2 aromatic heterocycles. The van der Waals surface area contributed by atoms with Gasteiger partial charge in [0.25, 0.3) is 0 Å². The molecular weight excluding hydrogens is 258 g/mol. The third-order valence-electron chi connectivity index (χ3n) is 2.28. The van der Waals surface area contributed by atoms with Gasteiger partial charge >= 0.3 is 5.88 Å². The first-order valence-electron chi connectivity index (χ1n) is 5.06. The van der Waals surface area contributed by atoms with E-state index < -0.39 is 4.92 Å². The topological polar surface area (TPSA) is 113 Å². The Morgan fingerprint density at radius 3 is 2.89 bits per heavy atom. The highest BCUT2D eigenvalue weighted by atomic mass is 32.2. The molecule has 0 bridgehead atoms. The van der Waals surface area contributed by atoms with E-state index in [1.54, 1.807) is 10.6 Å². The highest BCUT2D eigenvalue weighted by molar-refractivity contribution is 7.98. The van der Waals surface area contributed by atoms with E-state index in [9.17, 15) is 10.1 Å². The predicted octanol–water partition coefficient (Wildman–Crippen LogP) is 1.07. The Morgan fingerprint density at radius 2 is 2.33 bits per heavy atom. The van der Waals surface area contributed by atoms with Gasteiger partial charge in [-0.05, 0) is 6.07 Å². The first kappa shape index (κ1) is 12.6. The van der Waals surface area contributed by atoms with E-state index in [-0.39, 0.29) is 5.88 Å². The maximum Gasteiger partial charge on any atom is 0.433 e. The number of nitro groups is 1. The number of nitrogens with two attached hydrogens (primary N) is 1. The molecule has 0 saturated heterocycles. The molecule has 0 aliphatic heterocycles. The second-order valence-corrected chi connectivity index (χ2v) is 4.39. The Balaban J connectivity index is 2.02. The maximum absolute atomic E-state index is 10.4. The highest BCUT2D eigenvalue weighted by Crippen LogP contribution is 2.24. The summed E-state index contributed by atoms with van der Waals surface area (Å²) in [5, 5.41) is 19.0. The van der Waals surface area contributed by atoms with Gasteiger partial charge in [0.1, 0.15) is 16.5 Å². The lowest BCUT2D eigenvalue weighted by Gasteiger charge is -2.00. The summed E-state index contributed by atoms with van der Waals surface area (Å²) in [5.74, 6) is 1.39. The lowest BCUT2D eigenvalue weighted by molar-refractivity contribution is -0.402. The van der Waals surface area contributed by atoms with Gasteiger partial charge in [0.2, 0.25) is 0 Å². The fourth-order valence-corrected chi connectivity index (χ4v) is 2.15. The quantitative estimate of drug-likeness (QED) is 0.490. The average Bonchev–Trinajstić information content (AvgIpc) is 2.93. The summed E-state index contributed by atoms with van der Waals surface area (Å²) in [6, 6.07) is 2.91. The van der Waals surface area contributed by atoms with E-state index in [4.69, 9.17) is 10.2 Å². The first-order valence-corrected chi connectivity index (χ1v) is 6.04. The van der Waals surface area contributed by atoms with Crippen molar-refractivity contribution in [3.8, 4) is 0 Å². The standard InChI is InChI=1S/C9H11N5O3S/c1-13-7(4-10)11-12-9(13)18-5-6-2-3-8(17-6)14(15)16/h2-3H,4-5,10H2,1H3. The zero-order chi connectivity index (χ0) is 13.1. The van der Waals surface area contributed by atoms with Crippen LogP contribution in [0.15, 0.2) is 21.7 Å². The van der Waals surface area contributed by atoms with Gasteiger partial charge in [0, 0.05) is 7.05 Å². The van der Waals surface area contributed by atoms with Crippen LogP contribution in [0.25, 0.3) is 0 Å². The molecule has 18 heavy (non-hydrogen) atoms. The Kier molecular flexibility index (Phi) is 3.63. The number of rotatable bonds is 5. The van der Waals surface area contributed by atoms with Crippen molar-refractivity contribution in [3.63, 3.8) is 0 Å². The number of aromatic nitrogens is 3. The molecule has 0 aromatic carbocycles. The van der Waals surface area contributed by atoms with Gasteiger partial charge in [-0.1, -0.05) is 11.8 Å². The van der Waals surface area contributed by atoms with Gasteiger partial charge in [-0.15, -0.1) is 10.2 Å². The smallest absolute Gasteiger partial charge is 0.405 e. The minimum absolute atomic E-state index is 0.258. The molecule has 8 nitrogen and oxygen atoms in total. The molecule has 0 radical (unpaired) electrons. The fourth-order valence-electron chi connectivity index (χ4n) is 1.33. The second kappa shape index (κ2) is 5.19. The van der Waals surface area contributed by atoms with Crippen LogP contribution in [0.3, 0.4) is 0 Å². The lowest BCUT2D eigenvalue weighted by Crippen LogP contribution is -2.05. The number of furan rings is 1. The molecular formula is C9H11N5O3S. The minimum Gasteiger partial charge on any atom is -0.405 e. The average molecular weight is 269 g/mol. The molecule has 0 atom stereocenters. The molecule has 9 heteroatoms. The van der Waals surface area contributed by atoms with Crippen molar-refractivity contribution in [2.24, 2.45) is 12.8 Å². The minimum atomic E-state index is -0.566. The molecule has 2 rings (SSSR count). The van der Waals surface area contributed by atoms with Crippen molar-refractivity contribution in [2.75, 3.05) is 0 Å². The zero-order valence-corrected chi connectivity index (χ0v) is 10.4. The Labute approximate surface area is 106 Å². The Morgan fingerprint density at radius 1 is 1.56 bits per heavy atom. The molecule has 0 spiro atoms. The van der Waals surface area contributed by atoms with Gasteiger partial charge in [0.05, 0.1) is 18.4 Å². The second-order valence-electron chi connectivity index (χ2n) is 3.45. The van der Waals surface area contributed by atoms with Crippen molar-refractivity contribution in [2.45, 2.75) is 17.5 Å². The molecule has 2 N–H and O–H groups in total. The number of thioether (sulfide) groups is 1. The van der Waals surface area contributed by atoms with E-state index in [1.165, 1.54) is 17.8 Å². The van der Waals surface area contributed by atoms with Gasteiger partial charge in [-0.25, -0.2) is 0 Å². The Hall–Kier alpha value is -1.87. The van der Waals surface area contributed by atoms with Crippen molar-refractivity contribution < 1.29 is 9.34 Å². The van der Waals surface area contributed by atoms with Crippen LogP contribution in [0.2, 0.25) is 0 Å². The normalized spacial score (nSPS) is 10.8. The summed E-state index contributed by atoms with van der Waals surface area (Å²) < 4.78 is 6.82. The molecule has 2 heterocycles. The van der Waals surface area contributed by atoms with Crippen LogP contribution in [0.4, 0.5) is 5.88 Å². The monoisotopic (exact) mass is 269 g/mol. The lowest BCUT2D eigenvalue weighted by atomic mass is 10.5. The summed E-state index contributed by atoms with van der Waals surface area (Å²) >= 11 is 1.38. The number of hydrogen-bond acceptors (Lipinski definition) is 7. The molecule has 0 aliphatic rings. The summed E-state index contributed by atoms with van der Waals surface area (Å²) in [6.45, 7) is 0.316. The summed E-state index contributed by atoms with van der Waals surface area (Å²) in [6.07, 6.45) is 0. The predicted molar refractivity (Wildman–Crippen MR) is 63.8 cm³/mol. The van der Waals surface area contributed by atoms with Gasteiger partial charge < -0.3 is 14.7 Å². The van der Waals surface area contributed by atoms with Gasteiger partial charge in [0.15, 0.2) is 5.16 Å². The first-order chi connectivity index (χ1) is 8.61. The van der Waals surface area contributed by atoms with E-state index in [0.29, 0.717) is 29.0 Å². The summed E-state index contributed by atoms with van der Waals surface area (Å²) in [5.41, 5.74) is 5.48. The van der Waals surface area contributed by atoms with Crippen LogP contribution < -0.4 is 5.73 Å². The van der Waals surface area contributed by atoms with Crippen LogP contribution in [0.5, 0.6) is 0 Å². The molecule has 96 valence electrons. The third kappa shape index (κ3) is 2.51. The van der Waals surface area contributed by atoms with Crippen molar-refractivity contribution in [3.05, 3.63) is 33.8 Å². The largest absolute Gasteiger partial charge is 0.433 e. The fraction of sp³-hybridized carbons (Fsp3) is 0.333. The number of nitrogens with zero attached hydrogens (tertiary/aromatic N) is 4. The van der Waals surface area contributed by atoms with E-state index >= 15 is 0 Å². The van der Waals surface area contributed by atoms with Crippen LogP contribution in [0, 0.1) is 10.1 Å².